The maximum Gasteiger partial charge on any atom is 3.00 e. The van der Waals surface area contributed by atoms with Crippen LogP contribution in [0.15, 0.2) is 78.9 Å². The standard InChI is InChI=1S/C12H11Si.C5H5.2CH3.ClH.Zr/c1-3-7-11(8-4-1)13-12-9-5-2-6-10-12;1-2-4-5-3-1;;;;/h1-10,13H;1-3H,4H2;2*1H3;1H;/q;3*-1;;+3. The molecule has 0 N–H and O–H groups in total. The molecule has 114 valence electrons. The first kappa shape index (κ1) is 26.2. The largest absolute Gasteiger partial charge is 3.00 e. The number of halogens is 1. The van der Waals surface area contributed by atoms with Gasteiger partial charge < -0.3 is 14.9 Å². The fourth-order valence-electron chi connectivity index (χ4n) is 1.63. The molecule has 0 nitrogen and oxygen atoms in total. The Morgan fingerprint density at radius 2 is 1.23 bits per heavy atom. The van der Waals surface area contributed by atoms with Crippen LogP contribution in [0.25, 0.3) is 0 Å². The van der Waals surface area contributed by atoms with Gasteiger partial charge in [0, 0.05) is 0 Å². The van der Waals surface area contributed by atoms with E-state index in [2.05, 4.69) is 72.8 Å². The predicted octanol–water partition coefficient (Wildman–Crippen LogP) is 3.70. The molecule has 0 saturated heterocycles. The average Bonchev–Trinajstić information content (AvgIpc) is 3.00. The second kappa shape index (κ2) is 16.7. The molecule has 0 aromatic heterocycles. The van der Waals surface area contributed by atoms with Gasteiger partial charge in [-0.15, -0.1) is 18.8 Å². The zero-order valence-electron chi connectivity index (χ0n) is 13.2. The topological polar surface area (TPSA) is 0 Å². The van der Waals surface area contributed by atoms with E-state index < -0.39 is 0 Å². The first-order valence-electron chi connectivity index (χ1n) is 6.12. The Morgan fingerprint density at radius 3 is 1.50 bits per heavy atom. The first-order chi connectivity index (χ1) is 8.95. The van der Waals surface area contributed by atoms with Crippen LogP contribution in [0.4, 0.5) is 0 Å². The Balaban J connectivity index is -0.000000351. The van der Waals surface area contributed by atoms with E-state index in [4.69, 9.17) is 0 Å². The molecule has 0 saturated carbocycles. The van der Waals surface area contributed by atoms with Crippen molar-refractivity contribution in [3.05, 3.63) is 99.8 Å². The molecule has 0 atom stereocenters. The molecule has 3 heteroatoms. The molecule has 0 heterocycles. The summed E-state index contributed by atoms with van der Waals surface area (Å²) >= 11 is 0. The van der Waals surface area contributed by atoms with Gasteiger partial charge in [-0.3, -0.25) is 6.08 Å². The van der Waals surface area contributed by atoms with E-state index in [0.29, 0.717) is 0 Å². The van der Waals surface area contributed by atoms with Gasteiger partial charge in [-0.25, -0.2) is 12.2 Å². The second-order valence-corrected chi connectivity index (χ2v) is 5.59. The summed E-state index contributed by atoms with van der Waals surface area (Å²) in [7, 11) is 0.271. The molecular weight excluding hydrogens is 383 g/mol. The van der Waals surface area contributed by atoms with Crippen molar-refractivity contribution >= 4 is 32.3 Å². The van der Waals surface area contributed by atoms with Gasteiger partial charge in [0.05, 0.1) is 0 Å². The Kier molecular flexibility index (Phi) is 19.9. The third-order valence-electron chi connectivity index (χ3n) is 2.52. The molecule has 2 aromatic carbocycles. The van der Waals surface area contributed by atoms with Gasteiger partial charge in [-0.2, -0.15) is 6.08 Å². The summed E-state index contributed by atoms with van der Waals surface area (Å²) in [5.74, 6) is 0. The molecule has 0 fully saturated rings. The minimum absolute atomic E-state index is 0. The average molecular weight is 406 g/mol. The minimum Gasteiger partial charge on any atom is -0.358 e. The van der Waals surface area contributed by atoms with Crippen LogP contribution in [0.2, 0.25) is 0 Å². The molecule has 0 spiro atoms. The van der Waals surface area contributed by atoms with Gasteiger partial charge >= 0.3 is 26.2 Å². The van der Waals surface area contributed by atoms with E-state index in [1.165, 1.54) is 10.4 Å². The second-order valence-electron chi connectivity index (χ2n) is 3.97. The number of allylic oxidation sites excluding steroid dienone is 4. The third kappa shape index (κ3) is 11.0. The van der Waals surface area contributed by atoms with Crippen molar-refractivity contribution in [2.45, 2.75) is 6.42 Å². The van der Waals surface area contributed by atoms with Crippen molar-refractivity contribution in [3.63, 3.8) is 0 Å². The summed E-state index contributed by atoms with van der Waals surface area (Å²) in [5.41, 5.74) is 0. The van der Waals surface area contributed by atoms with Gasteiger partial charge in [-0.05, 0) is 0 Å². The van der Waals surface area contributed by atoms with Crippen molar-refractivity contribution in [1.29, 1.82) is 0 Å². The molecule has 0 aliphatic heterocycles. The van der Waals surface area contributed by atoms with E-state index in [1.807, 2.05) is 12.2 Å². The van der Waals surface area contributed by atoms with Gasteiger partial charge in [0.1, 0.15) is 9.52 Å². The van der Waals surface area contributed by atoms with Crippen molar-refractivity contribution < 1.29 is 26.2 Å². The van der Waals surface area contributed by atoms with Crippen LogP contribution < -0.4 is 10.4 Å². The summed E-state index contributed by atoms with van der Waals surface area (Å²) in [6.07, 6.45) is 10.0. The van der Waals surface area contributed by atoms with Crippen LogP contribution >= 0.6 is 12.4 Å². The van der Waals surface area contributed by atoms with E-state index >= 15 is 0 Å². The summed E-state index contributed by atoms with van der Waals surface area (Å²) in [6.45, 7) is 0. The molecule has 3 rings (SSSR count). The summed E-state index contributed by atoms with van der Waals surface area (Å²) < 4.78 is 0. The summed E-state index contributed by atoms with van der Waals surface area (Å²) in [4.78, 5) is 0. The Labute approximate surface area is 164 Å². The van der Waals surface area contributed by atoms with E-state index in [0.717, 1.165) is 6.42 Å². The monoisotopic (exact) mass is 404 g/mol. The third-order valence-corrected chi connectivity index (χ3v) is 3.95. The maximum atomic E-state index is 2.99. The van der Waals surface area contributed by atoms with Crippen LogP contribution in [0, 0.1) is 20.9 Å². The predicted molar refractivity (Wildman–Crippen MR) is 101 cm³/mol. The van der Waals surface area contributed by atoms with Crippen LogP contribution in [0.5, 0.6) is 0 Å². The van der Waals surface area contributed by atoms with Crippen LogP contribution in [0.1, 0.15) is 6.42 Å². The molecule has 22 heavy (non-hydrogen) atoms. The molecule has 1 aliphatic rings. The molecule has 2 aromatic rings. The van der Waals surface area contributed by atoms with Crippen LogP contribution in [0.3, 0.4) is 0 Å². The fraction of sp³-hybridized carbons (Fsp3) is 0.0526. The van der Waals surface area contributed by atoms with Crippen molar-refractivity contribution in [2.75, 3.05) is 0 Å². The van der Waals surface area contributed by atoms with E-state index in [-0.39, 0.29) is 63.0 Å². The fourth-order valence-corrected chi connectivity index (χ4v) is 2.85. The van der Waals surface area contributed by atoms with Gasteiger partial charge in [0.15, 0.2) is 0 Å². The molecule has 1 aliphatic carbocycles. The Hall–Kier alpha value is -0.690. The zero-order chi connectivity index (χ0) is 12.5. The van der Waals surface area contributed by atoms with Crippen molar-refractivity contribution in [1.82, 2.24) is 0 Å². The summed E-state index contributed by atoms with van der Waals surface area (Å²) in [5, 5.41) is 2.90. The van der Waals surface area contributed by atoms with E-state index in [1.54, 1.807) is 0 Å². The van der Waals surface area contributed by atoms with Gasteiger partial charge in [0.25, 0.3) is 0 Å². The molecule has 2 radical (unpaired) electrons. The SMILES string of the molecule is Cl.[C-]1=CC=CC1.[CH3-].[CH3-].[Zr+3].c1ccc([SiH]c2ccccc2)cc1. The smallest absolute Gasteiger partial charge is 0.358 e. The quantitative estimate of drug-likeness (QED) is 0.527. The maximum absolute atomic E-state index is 2.99. The van der Waals surface area contributed by atoms with Crippen molar-refractivity contribution in [2.24, 2.45) is 0 Å². The number of benzene rings is 2. The normalized spacial score (nSPS) is 9.82. The number of rotatable bonds is 2. The van der Waals surface area contributed by atoms with Crippen LogP contribution in [-0.4, -0.2) is 9.52 Å². The van der Waals surface area contributed by atoms with Crippen molar-refractivity contribution in [3.8, 4) is 0 Å². The first-order valence-corrected chi connectivity index (χ1v) is 7.27. The summed E-state index contributed by atoms with van der Waals surface area (Å²) in [6, 6.07) is 21.3. The number of hydrogen-bond acceptors (Lipinski definition) is 0. The molecular formula is C19H23ClSiZr. The van der Waals surface area contributed by atoms with Gasteiger partial charge in [-0.1, -0.05) is 71.0 Å². The zero-order valence-corrected chi connectivity index (χ0v) is 17.6. The Bertz CT molecular complexity index is 462. The minimum atomic E-state index is 0. The van der Waals surface area contributed by atoms with E-state index in [9.17, 15) is 0 Å². The Morgan fingerprint density at radius 1 is 0.773 bits per heavy atom. The molecule has 0 bridgehead atoms. The van der Waals surface area contributed by atoms with Crippen LogP contribution in [-0.2, 0) is 26.2 Å². The molecule has 0 amide bonds. The number of hydrogen-bond donors (Lipinski definition) is 0. The van der Waals surface area contributed by atoms with Gasteiger partial charge in [0.2, 0.25) is 0 Å². The molecule has 0 unspecified atom stereocenters.